The van der Waals surface area contributed by atoms with Crippen molar-refractivity contribution in [1.29, 1.82) is 0 Å². The van der Waals surface area contributed by atoms with Gasteiger partial charge in [0.05, 0.1) is 0 Å². The molecule has 0 fully saturated rings. The van der Waals surface area contributed by atoms with E-state index in [-0.39, 0.29) is 0 Å². The molecule has 1 heteroatoms. The quantitative estimate of drug-likeness (QED) is 0.672. The molecular weight excluding hydrogens is 180 g/mol. The molecule has 13 heavy (non-hydrogen) atoms. The van der Waals surface area contributed by atoms with Gasteiger partial charge in [-0.2, -0.15) is 0 Å². The highest BCUT2D eigenvalue weighted by atomic mass is 35.5. The molecule has 0 N–H and O–H groups in total. The van der Waals surface area contributed by atoms with Gasteiger partial charge >= 0.3 is 0 Å². The number of hydrogen-bond donors (Lipinski definition) is 0. The second kappa shape index (κ2) is 5.08. The Kier molecular flexibility index (Phi) is 4.04. The van der Waals surface area contributed by atoms with Gasteiger partial charge in [0.1, 0.15) is 0 Å². The van der Waals surface area contributed by atoms with Gasteiger partial charge in [0.2, 0.25) is 0 Å². The Morgan fingerprint density at radius 1 is 1.23 bits per heavy atom. The molecule has 0 radical (unpaired) electrons. The summed E-state index contributed by atoms with van der Waals surface area (Å²) in [4.78, 5) is 0. The summed E-state index contributed by atoms with van der Waals surface area (Å²) >= 11 is 5.97. The second-order valence-electron chi connectivity index (χ2n) is 3.06. The van der Waals surface area contributed by atoms with E-state index >= 15 is 0 Å². The Hall–Kier alpha value is -0.750. The maximum Gasteiger partial charge on any atom is 0.0414 e. The topological polar surface area (TPSA) is 0 Å². The van der Waals surface area contributed by atoms with Crippen molar-refractivity contribution in [2.45, 2.75) is 26.7 Å². The van der Waals surface area contributed by atoms with E-state index in [4.69, 9.17) is 11.6 Å². The van der Waals surface area contributed by atoms with E-state index in [2.05, 4.69) is 32.1 Å². The van der Waals surface area contributed by atoms with Crippen LogP contribution in [-0.4, -0.2) is 0 Å². The van der Waals surface area contributed by atoms with Crippen LogP contribution in [-0.2, 0) is 6.42 Å². The van der Waals surface area contributed by atoms with Gasteiger partial charge in [-0.15, -0.1) is 0 Å². The zero-order chi connectivity index (χ0) is 9.68. The molecule has 0 aliphatic carbocycles. The van der Waals surface area contributed by atoms with E-state index in [9.17, 15) is 0 Å². The molecule has 0 spiro atoms. The van der Waals surface area contributed by atoms with E-state index in [1.165, 1.54) is 11.1 Å². The van der Waals surface area contributed by atoms with Gasteiger partial charge in [-0.3, -0.25) is 0 Å². The third-order valence-electron chi connectivity index (χ3n) is 1.93. The Bertz CT molecular complexity index is 300. The fraction of sp³-hybridized carbons (Fsp3) is 0.333. The molecule has 0 aliphatic heterocycles. The van der Waals surface area contributed by atoms with Crippen molar-refractivity contribution in [3.63, 3.8) is 0 Å². The van der Waals surface area contributed by atoms with Crippen LogP contribution in [0.4, 0.5) is 0 Å². The largest absolute Gasteiger partial charge is 0.0843 e. The van der Waals surface area contributed by atoms with Crippen molar-refractivity contribution >= 4 is 17.7 Å². The molecule has 0 heterocycles. The van der Waals surface area contributed by atoms with Crippen LogP contribution in [0.1, 0.15) is 31.4 Å². The van der Waals surface area contributed by atoms with Crippen molar-refractivity contribution in [3.05, 3.63) is 40.4 Å². The summed E-state index contributed by atoms with van der Waals surface area (Å²) in [6.07, 6.45) is 6.36. The number of halogens is 1. The first-order valence-corrected chi connectivity index (χ1v) is 5.10. The first kappa shape index (κ1) is 10.3. The normalized spacial score (nSPS) is 11.0. The molecule has 0 saturated heterocycles. The van der Waals surface area contributed by atoms with E-state index in [1.54, 1.807) is 0 Å². The number of hydrogen-bond acceptors (Lipinski definition) is 0. The summed E-state index contributed by atoms with van der Waals surface area (Å²) < 4.78 is 0. The average molecular weight is 195 g/mol. The lowest BCUT2D eigenvalue weighted by Crippen LogP contribution is -1.81. The minimum absolute atomic E-state index is 0.829. The highest BCUT2D eigenvalue weighted by Crippen LogP contribution is 2.16. The Balaban J connectivity index is 2.94. The summed E-state index contributed by atoms with van der Waals surface area (Å²) in [6.45, 7) is 4.26. The predicted octanol–water partition coefficient (Wildman–Crippen LogP) is 4.33. The number of rotatable bonds is 3. The van der Waals surface area contributed by atoms with Crippen LogP contribution in [0.3, 0.4) is 0 Å². The van der Waals surface area contributed by atoms with E-state index < -0.39 is 0 Å². The summed E-state index contributed by atoms with van der Waals surface area (Å²) in [5.74, 6) is 0. The van der Waals surface area contributed by atoms with E-state index in [1.807, 2.05) is 12.1 Å². The SMILES string of the molecule is CC/C=C\c1cc(Cl)cc(CC)c1. The average Bonchev–Trinajstić information content (AvgIpc) is 2.14. The first-order chi connectivity index (χ1) is 6.26. The zero-order valence-electron chi connectivity index (χ0n) is 8.18. The lowest BCUT2D eigenvalue weighted by atomic mass is 10.1. The number of aryl methyl sites for hydroxylation is 1. The molecular formula is C12H15Cl. The maximum absolute atomic E-state index is 5.97. The predicted molar refractivity (Wildman–Crippen MR) is 60.2 cm³/mol. The van der Waals surface area contributed by atoms with Crippen molar-refractivity contribution in [2.75, 3.05) is 0 Å². The number of allylic oxidation sites excluding steroid dienone is 1. The van der Waals surface area contributed by atoms with Crippen molar-refractivity contribution < 1.29 is 0 Å². The minimum Gasteiger partial charge on any atom is -0.0843 e. The molecule has 0 unspecified atom stereocenters. The Morgan fingerprint density at radius 2 is 2.00 bits per heavy atom. The van der Waals surface area contributed by atoms with Crippen LogP contribution in [0.15, 0.2) is 24.3 Å². The van der Waals surface area contributed by atoms with Gasteiger partial charge in [-0.05, 0) is 36.1 Å². The smallest absolute Gasteiger partial charge is 0.0414 e. The second-order valence-corrected chi connectivity index (χ2v) is 3.49. The monoisotopic (exact) mass is 194 g/mol. The van der Waals surface area contributed by atoms with Crippen molar-refractivity contribution in [2.24, 2.45) is 0 Å². The lowest BCUT2D eigenvalue weighted by molar-refractivity contribution is 1.14. The summed E-state index contributed by atoms with van der Waals surface area (Å²) in [5.41, 5.74) is 2.49. The molecule has 1 aromatic rings. The molecule has 0 saturated carbocycles. The fourth-order valence-corrected chi connectivity index (χ4v) is 1.50. The first-order valence-electron chi connectivity index (χ1n) is 4.72. The fourth-order valence-electron chi connectivity index (χ4n) is 1.23. The Morgan fingerprint density at radius 3 is 2.62 bits per heavy atom. The zero-order valence-corrected chi connectivity index (χ0v) is 8.93. The molecule has 0 nitrogen and oxygen atoms in total. The molecule has 0 bridgehead atoms. The van der Waals surface area contributed by atoms with E-state index in [0.29, 0.717) is 0 Å². The summed E-state index contributed by atoms with van der Waals surface area (Å²) in [7, 11) is 0. The molecule has 0 aromatic heterocycles. The van der Waals surface area contributed by atoms with Gasteiger partial charge in [0.25, 0.3) is 0 Å². The van der Waals surface area contributed by atoms with Gasteiger partial charge in [-0.25, -0.2) is 0 Å². The molecule has 70 valence electrons. The van der Waals surface area contributed by atoms with Gasteiger partial charge in [0, 0.05) is 5.02 Å². The van der Waals surface area contributed by atoms with Crippen LogP contribution in [0.5, 0.6) is 0 Å². The number of benzene rings is 1. The van der Waals surface area contributed by atoms with Crippen LogP contribution < -0.4 is 0 Å². The molecule has 0 amide bonds. The highest BCUT2D eigenvalue weighted by Gasteiger charge is 1.94. The lowest BCUT2D eigenvalue weighted by Gasteiger charge is -2.00. The standard InChI is InChI=1S/C12H15Cl/c1-3-5-6-11-7-10(4-2)8-12(13)9-11/h5-9H,3-4H2,1-2H3/b6-5-. The van der Waals surface area contributed by atoms with Crippen molar-refractivity contribution in [3.8, 4) is 0 Å². The van der Waals surface area contributed by atoms with Crippen molar-refractivity contribution in [1.82, 2.24) is 0 Å². The van der Waals surface area contributed by atoms with Crippen LogP contribution in [0, 0.1) is 0 Å². The molecule has 1 rings (SSSR count). The van der Waals surface area contributed by atoms with Crippen LogP contribution in [0.25, 0.3) is 6.08 Å². The molecule has 0 aliphatic rings. The van der Waals surface area contributed by atoms with Gasteiger partial charge < -0.3 is 0 Å². The highest BCUT2D eigenvalue weighted by molar-refractivity contribution is 6.30. The third kappa shape index (κ3) is 3.23. The van der Waals surface area contributed by atoms with Crippen LogP contribution in [0.2, 0.25) is 5.02 Å². The van der Waals surface area contributed by atoms with Gasteiger partial charge in [-0.1, -0.05) is 43.7 Å². The van der Waals surface area contributed by atoms with Gasteiger partial charge in [0.15, 0.2) is 0 Å². The molecule has 0 atom stereocenters. The third-order valence-corrected chi connectivity index (χ3v) is 2.15. The Labute approximate surface area is 85.2 Å². The molecule has 1 aromatic carbocycles. The van der Waals surface area contributed by atoms with Crippen LogP contribution >= 0.6 is 11.6 Å². The maximum atomic E-state index is 5.97. The minimum atomic E-state index is 0.829. The summed E-state index contributed by atoms with van der Waals surface area (Å²) in [5, 5.41) is 0.829. The van der Waals surface area contributed by atoms with E-state index in [0.717, 1.165) is 17.9 Å². The summed E-state index contributed by atoms with van der Waals surface area (Å²) in [6, 6.07) is 6.19.